The van der Waals surface area contributed by atoms with Gasteiger partial charge >= 0.3 is 6.18 Å². The maximum absolute atomic E-state index is 14.4. The number of amides is 1. The highest BCUT2D eigenvalue weighted by Crippen LogP contribution is 2.33. The third-order valence-electron chi connectivity index (χ3n) is 4.81. The van der Waals surface area contributed by atoms with Crippen LogP contribution in [0.1, 0.15) is 39.5 Å². The molecule has 2 aromatic heterocycles. The molecule has 168 valence electrons. The number of benzene rings is 1. The van der Waals surface area contributed by atoms with E-state index in [2.05, 4.69) is 15.3 Å². The molecule has 0 radical (unpaired) electrons. The van der Waals surface area contributed by atoms with Crippen LogP contribution in [-0.2, 0) is 6.18 Å². The number of aromatic amines is 1. The molecule has 0 spiro atoms. The molecular formula is C22H19F4N3O3. The van der Waals surface area contributed by atoms with Gasteiger partial charge in [0.15, 0.2) is 0 Å². The van der Waals surface area contributed by atoms with E-state index >= 15 is 0 Å². The molecule has 1 unspecified atom stereocenters. The molecule has 0 aliphatic heterocycles. The van der Waals surface area contributed by atoms with Gasteiger partial charge in [0.2, 0.25) is 5.56 Å². The average Bonchev–Trinajstić information content (AvgIpc) is 2.76. The second-order valence-electron chi connectivity index (χ2n) is 7.08. The largest absolute Gasteiger partial charge is 0.416 e. The second-order valence-corrected chi connectivity index (χ2v) is 7.08. The number of aliphatic hydroxyl groups excluding tert-OH is 1. The summed E-state index contributed by atoms with van der Waals surface area (Å²) in [5, 5.41) is 13.0. The number of aliphatic hydroxyl groups is 1. The molecule has 0 aliphatic rings. The number of nitrogens with one attached hydrogen (secondary N) is 2. The molecule has 0 bridgehead atoms. The van der Waals surface area contributed by atoms with Crippen LogP contribution in [0.25, 0.3) is 0 Å². The van der Waals surface area contributed by atoms with Gasteiger partial charge in [0.05, 0.1) is 22.9 Å². The van der Waals surface area contributed by atoms with Crippen LogP contribution in [0.4, 0.5) is 17.6 Å². The van der Waals surface area contributed by atoms with E-state index in [0.29, 0.717) is 5.56 Å². The van der Waals surface area contributed by atoms with Gasteiger partial charge < -0.3 is 15.4 Å². The van der Waals surface area contributed by atoms with Crippen molar-refractivity contribution in [2.45, 2.75) is 24.6 Å². The van der Waals surface area contributed by atoms with Crippen molar-refractivity contribution < 1.29 is 27.5 Å². The molecule has 0 saturated carbocycles. The van der Waals surface area contributed by atoms with Gasteiger partial charge in [-0.05, 0) is 42.3 Å². The quantitative estimate of drug-likeness (QED) is 0.483. The Kier molecular flexibility index (Phi) is 7.04. The third kappa shape index (κ3) is 5.79. The normalized spacial score (nSPS) is 13.4. The van der Waals surface area contributed by atoms with Crippen molar-refractivity contribution in [1.29, 1.82) is 0 Å². The standard InChI is InChI=1S/C22H19F4N3O3/c23-18-2-1-9-27-20(18)17(13-3-6-15(7-4-13)22(24,25)26)10-16(30)12-29-21(32)14-5-8-19(31)28-11-14/h1-9,11,16-17,30H,10,12H2,(H,28,31)(H,29,32)/t16-,17?/m1/s1. The summed E-state index contributed by atoms with van der Waals surface area (Å²) in [4.78, 5) is 29.6. The molecular weight excluding hydrogens is 430 g/mol. The van der Waals surface area contributed by atoms with Crippen LogP contribution in [-0.4, -0.2) is 33.6 Å². The summed E-state index contributed by atoms with van der Waals surface area (Å²) in [7, 11) is 0. The van der Waals surface area contributed by atoms with Gasteiger partial charge in [0.1, 0.15) is 5.82 Å². The Balaban J connectivity index is 1.77. The number of alkyl halides is 3. The molecule has 3 N–H and O–H groups in total. The zero-order valence-corrected chi connectivity index (χ0v) is 16.6. The van der Waals surface area contributed by atoms with Crippen molar-refractivity contribution in [1.82, 2.24) is 15.3 Å². The Morgan fingerprint density at radius 1 is 1.12 bits per heavy atom. The highest BCUT2D eigenvalue weighted by molar-refractivity contribution is 5.93. The number of nitrogens with zero attached hydrogens (tertiary/aromatic N) is 1. The molecule has 0 aliphatic carbocycles. The van der Waals surface area contributed by atoms with Crippen molar-refractivity contribution >= 4 is 5.91 Å². The van der Waals surface area contributed by atoms with Crippen molar-refractivity contribution in [3.05, 3.63) is 99.5 Å². The highest BCUT2D eigenvalue weighted by atomic mass is 19.4. The Morgan fingerprint density at radius 2 is 1.84 bits per heavy atom. The minimum Gasteiger partial charge on any atom is -0.391 e. The van der Waals surface area contributed by atoms with Gasteiger partial charge in [-0.1, -0.05) is 12.1 Å². The Morgan fingerprint density at radius 3 is 2.44 bits per heavy atom. The van der Waals surface area contributed by atoms with Crippen molar-refractivity contribution in [3.8, 4) is 0 Å². The van der Waals surface area contributed by atoms with E-state index in [9.17, 15) is 32.3 Å². The summed E-state index contributed by atoms with van der Waals surface area (Å²) in [5.74, 6) is -2.06. The summed E-state index contributed by atoms with van der Waals surface area (Å²) >= 11 is 0. The number of pyridine rings is 2. The van der Waals surface area contributed by atoms with Gasteiger partial charge in [0, 0.05) is 30.9 Å². The zero-order valence-electron chi connectivity index (χ0n) is 16.6. The van der Waals surface area contributed by atoms with Gasteiger partial charge in [-0.15, -0.1) is 0 Å². The lowest BCUT2D eigenvalue weighted by Crippen LogP contribution is -2.33. The predicted octanol–water partition coefficient (Wildman–Crippen LogP) is 3.24. The molecule has 32 heavy (non-hydrogen) atoms. The Labute approximate surface area is 180 Å². The van der Waals surface area contributed by atoms with E-state index in [1.807, 2.05) is 0 Å². The monoisotopic (exact) mass is 449 g/mol. The zero-order chi connectivity index (χ0) is 23.3. The molecule has 10 heteroatoms. The topological polar surface area (TPSA) is 95.1 Å². The molecule has 3 rings (SSSR count). The molecule has 6 nitrogen and oxygen atoms in total. The number of H-pyrrole nitrogens is 1. The first kappa shape index (κ1) is 23.1. The summed E-state index contributed by atoms with van der Waals surface area (Å²) in [6, 6.07) is 9.24. The molecule has 0 fully saturated rings. The Bertz CT molecular complexity index is 1110. The van der Waals surface area contributed by atoms with Crippen molar-refractivity contribution in [3.63, 3.8) is 0 Å². The first-order chi connectivity index (χ1) is 15.1. The summed E-state index contributed by atoms with van der Waals surface area (Å²) in [6.45, 7) is -0.205. The van der Waals surface area contributed by atoms with Crippen LogP contribution in [0.5, 0.6) is 0 Å². The SMILES string of the molecule is O=C(NC[C@H](O)CC(c1ccc(C(F)(F)F)cc1)c1ncccc1F)c1ccc(=O)[nH]c1. The van der Waals surface area contributed by atoms with Gasteiger partial charge in [-0.25, -0.2) is 4.39 Å². The smallest absolute Gasteiger partial charge is 0.391 e. The fraction of sp³-hybridized carbons (Fsp3) is 0.227. The van der Waals surface area contributed by atoms with Crippen LogP contribution >= 0.6 is 0 Å². The number of aromatic nitrogens is 2. The van der Waals surface area contributed by atoms with E-state index in [1.54, 1.807) is 0 Å². The van der Waals surface area contributed by atoms with E-state index in [-0.39, 0.29) is 29.8 Å². The van der Waals surface area contributed by atoms with E-state index in [4.69, 9.17) is 0 Å². The summed E-state index contributed by atoms with van der Waals surface area (Å²) in [5.41, 5.74) is -0.750. The molecule has 2 atom stereocenters. The van der Waals surface area contributed by atoms with Crippen molar-refractivity contribution in [2.24, 2.45) is 0 Å². The number of hydrogen-bond acceptors (Lipinski definition) is 4. The number of carbonyl (C=O) groups excluding carboxylic acids is 1. The highest BCUT2D eigenvalue weighted by Gasteiger charge is 2.31. The minimum atomic E-state index is -4.52. The molecule has 0 saturated heterocycles. The van der Waals surface area contributed by atoms with Crippen LogP contribution in [0, 0.1) is 5.82 Å². The summed E-state index contributed by atoms with van der Waals surface area (Å²) in [6.07, 6.45) is -3.21. The van der Waals surface area contributed by atoms with E-state index < -0.39 is 35.5 Å². The lowest BCUT2D eigenvalue weighted by Gasteiger charge is -2.22. The molecule has 1 aromatic carbocycles. The number of hydrogen-bond donors (Lipinski definition) is 3. The van der Waals surface area contributed by atoms with Crippen molar-refractivity contribution in [2.75, 3.05) is 6.54 Å². The van der Waals surface area contributed by atoms with Gasteiger partial charge in [-0.3, -0.25) is 14.6 Å². The first-order valence-electron chi connectivity index (χ1n) is 9.57. The minimum absolute atomic E-state index is 0.0294. The average molecular weight is 449 g/mol. The van der Waals surface area contributed by atoms with E-state index in [1.165, 1.54) is 48.8 Å². The predicted molar refractivity (Wildman–Crippen MR) is 108 cm³/mol. The maximum atomic E-state index is 14.4. The second kappa shape index (κ2) is 9.73. The van der Waals surface area contributed by atoms with Crippen LogP contribution in [0.3, 0.4) is 0 Å². The lowest BCUT2D eigenvalue weighted by atomic mass is 9.88. The third-order valence-corrected chi connectivity index (χ3v) is 4.81. The lowest BCUT2D eigenvalue weighted by molar-refractivity contribution is -0.137. The Hall–Kier alpha value is -3.53. The van der Waals surface area contributed by atoms with Gasteiger partial charge in [-0.2, -0.15) is 13.2 Å². The van der Waals surface area contributed by atoms with Gasteiger partial charge in [0.25, 0.3) is 5.91 Å². The van der Waals surface area contributed by atoms with Crippen LogP contribution < -0.4 is 10.9 Å². The van der Waals surface area contributed by atoms with E-state index in [0.717, 1.165) is 12.1 Å². The fourth-order valence-electron chi connectivity index (χ4n) is 3.18. The number of rotatable bonds is 7. The first-order valence-corrected chi connectivity index (χ1v) is 9.57. The number of carbonyl (C=O) groups is 1. The summed E-state index contributed by atoms with van der Waals surface area (Å²) < 4.78 is 53.0. The number of halogens is 4. The fourth-order valence-corrected chi connectivity index (χ4v) is 3.18. The maximum Gasteiger partial charge on any atom is 0.416 e. The van der Waals surface area contributed by atoms with Crippen LogP contribution in [0.15, 0.2) is 65.7 Å². The molecule has 2 heterocycles. The van der Waals surface area contributed by atoms with Crippen LogP contribution in [0.2, 0.25) is 0 Å². The molecule has 3 aromatic rings. The molecule has 1 amide bonds.